The molecule has 0 radical (unpaired) electrons. The van der Waals surface area contributed by atoms with Crippen molar-refractivity contribution in [1.82, 2.24) is 0 Å². The van der Waals surface area contributed by atoms with E-state index in [9.17, 15) is 14.9 Å². The van der Waals surface area contributed by atoms with Crippen LogP contribution in [0.3, 0.4) is 0 Å². The molecule has 0 heterocycles. The molecule has 0 aliphatic heterocycles. The lowest BCUT2D eigenvalue weighted by Gasteiger charge is -2.11. The summed E-state index contributed by atoms with van der Waals surface area (Å²) >= 11 is 0. The minimum atomic E-state index is -0.646. The Kier molecular flexibility index (Phi) is 6.46. The van der Waals surface area contributed by atoms with Crippen LogP contribution in [0, 0.1) is 11.3 Å². The average molecular weight is 401 g/mol. The summed E-state index contributed by atoms with van der Waals surface area (Å²) in [5.41, 5.74) is 2.25. The third-order valence-corrected chi connectivity index (χ3v) is 4.52. The van der Waals surface area contributed by atoms with Gasteiger partial charge in [-0.3, -0.25) is 4.79 Å². The van der Waals surface area contributed by atoms with E-state index in [2.05, 4.69) is 6.07 Å². The number of ether oxygens (including phenoxy) is 3. The molecule has 0 aliphatic carbocycles. The Balaban J connectivity index is 1.80. The van der Waals surface area contributed by atoms with Crippen molar-refractivity contribution in [3.8, 4) is 28.7 Å². The van der Waals surface area contributed by atoms with E-state index in [4.69, 9.17) is 14.2 Å². The highest BCUT2D eigenvalue weighted by molar-refractivity contribution is 6.02. The zero-order valence-corrected chi connectivity index (χ0v) is 16.5. The van der Waals surface area contributed by atoms with Gasteiger partial charge in [0.2, 0.25) is 0 Å². The van der Waals surface area contributed by atoms with Gasteiger partial charge >= 0.3 is 5.97 Å². The van der Waals surface area contributed by atoms with Crippen LogP contribution < -0.4 is 9.47 Å². The van der Waals surface area contributed by atoms with Crippen LogP contribution in [0.1, 0.15) is 26.3 Å². The van der Waals surface area contributed by atoms with Crippen molar-refractivity contribution in [3.63, 3.8) is 0 Å². The summed E-state index contributed by atoms with van der Waals surface area (Å²) in [6.07, 6.45) is 0. The topological polar surface area (TPSA) is 85.6 Å². The maximum atomic E-state index is 12.7. The van der Waals surface area contributed by atoms with Gasteiger partial charge in [-0.1, -0.05) is 36.4 Å². The first-order valence-electron chi connectivity index (χ1n) is 9.10. The number of nitrogens with zero attached hydrogens (tertiary/aromatic N) is 1. The van der Waals surface area contributed by atoms with Gasteiger partial charge in [-0.2, -0.15) is 5.26 Å². The largest absolute Gasteiger partial charge is 0.493 e. The van der Waals surface area contributed by atoms with Gasteiger partial charge < -0.3 is 14.2 Å². The van der Waals surface area contributed by atoms with Gasteiger partial charge in [0.15, 0.2) is 23.9 Å². The van der Waals surface area contributed by atoms with Crippen LogP contribution in [-0.2, 0) is 4.74 Å². The standard InChI is InChI=1S/C24H19NO5/c1-28-22-12-11-16(13-23(22)29-2)21(26)15-30-24(27)20-10-6-5-9-19(20)18-8-4-3-7-17(18)14-25/h3-13H,15H2,1-2H3. The number of esters is 1. The lowest BCUT2D eigenvalue weighted by molar-refractivity contribution is 0.0475. The molecule has 0 bridgehead atoms. The molecule has 0 N–H and O–H groups in total. The predicted octanol–water partition coefficient (Wildman–Crippen LogP) is 4.28. The number of ketones is 1. The molecule has 0 atom stereocenters. The Hall–Kier alpha value is -4.11. The lowest BCUT2D eigenvalue weighted by atomic mass is 9.96. The summed E-state index contributed by atoms with van der Waals surface area (Å²) in [4.78, 5) is 25.2. The maximum Gasteiger partial charge on any atom is 0.339 e. The first-order valence-corrected chi connectivity index (χ1v) is 9.10. The normalized spacial score (nSPS) is 10.0. The van der Waals surface area contributed by atoms with E-state index >= 15 is 0 Å². The zero-order chi connectivity index (χ0) is 21.5. The molecule has 3 rings (SSSR count). The number of carbonyl (C=O) groups excluding carboxylic acids is 2. The van der Waals surface area contributed by atoms with Crippen LogP contribution in [0.15, 0.2) is 66.7 Å². The summed E-state index contributed by atoms with van der Waals surface area (Å²) in [5, 5.41) is 9.36. The monoisotopic (exact) mass is 401 g/mol. The van der Waals surface area contributed by atoms with Crippen LogP contribution in [0.2, 0.25) is 0 Å². The van der Waals surface area contributed by atoms with Gasteiger partial charge in [0.25, 0.3) is 0 Å². The SMILES string of the molecule is COc1ccc(C(=O)COC(=O)c2ccccc2-c2ccccc2C#N)cc1OC. The molecule has 6 nitrogen and oxygen atoms in total. The second kappa shape index (κ2) is 9.39. The number of Topliss-reactive ketones (excluding diaryl/α,β-unsaturated/α-hetero) is 1. The third-order valence-electron chi connectivity index (χ3n) is 4.52. The van der Waals surface area contributed by atoms with E-state index in [1.54, 1.807) is 60.7 Å². The maximum absolute atomic E-state index is 12.7. The van der Waals surface area contributed by atoms with E-state index in [1.165, 1.54) is 20.3 Å². The number of hydrogen-bond acceptors (Lipinski definition) is 6. The molecule has 3 aromatic carbocycles. The number of rotatable bonds is 7. The molecule has 0 saturated carbocycles. The highest BCUT2D eigenvalue weighted by atomic mass is 16.5. The highest BCUT2D eigenvalue weighted by Crippen LogP contribution is 2.29. The molecular formula is C24H19NO5. The fraction of sp³-hybridized carbons (Fsp3) is 0.125. The van der Waals surface area contributed by atoms with Crippen molar-refractivity contribution in [2.75, 3.05) is 20.8 Å². The second-order valence-electron chi connectivity index (χ2n) is 6.27. The molecule has 0 spiro atoms. The van der Waals surface area contributed by atoms with Crippen molar-refractivity contribution in [3.05, 3.63) is 83.4 Å². The first kappa shape index (κ1) is 20.6. The van der Waals surface area contributed by atoms with Crippen LogP contribution in [0.4, 0.5) is 0 Å². The van der Waals surface area contributed by atoms with Crippen molar-refractivity contribution >= 4 is 11.8 Å². The zero-order valence-electron chi connectivity index (χ0n) is 16.5. The molecule has 0 amide bonds. The Bertz CT molecular complexity index is 1130. The summed E-state index contributed by atoms with van der Waals surface area (Å²) in [6.45, 7) is -0.428. The molecule has 0 aliphatic rings. The number of carbonyl (C=O) groups is 2. The fourth-order valence-corrected chi connectivity index (χ4v) is 3.01. The van der Waals surface area contributed by atoms with Gasteiger partial charge in [-0.25, -0.2) is 4.79 Å². The Morgan fingerprint density at radius 1 is 0.867 bits per heavy atom. The predicted molar refractivity (Wildman–Crippen MR) is 111 cm³/mol. The van der Waals surface area contributed by atoms with Crippen LogP contribution in [0.25, 0.3) is 11.1 Å². The Morgan fingerprint density at radius 2 is 1.53 bits per heavy atom. The molecule has 0 fully saturated rings. The van der Waals surface area contributed by atoms with Crippen LogP contribution in [-0.4, -0.2) is 32.6 Å². The molecule has 30 heavy (non-hydrogen) atoms. The lowest BCUT2D eigenvalue weighted by Crippen LogP contribution is -2.15. The third kappa shape index (κ3) is 4.31. The van der Waals surface area contributed by atoms with Crippen molar-refractivity contribution in [1.29, 1.82) is 5.26 Å². The van der Waals surface area contributed by atoms with Gasteiger partial charge in [0.1, 0.15) is 0 Å². The van der Waals surface area contributed by atoms with Gasteiger partial charge in [0, 0.05) is 11.1 Å². The van der Waals surface area contributed by atoms with Crippen molar-refractivity contribution < 1.29 is 23.8 Å². The van der Waals surface area contributed by atoms with Crippen molar-refractivity contribution in [2.45, 2.75) is 0 Å². The van der Waals surface area contributed by atoms with E-state index in [0.717, 1.165) is 0 Å². The number of nitriles is 1. The van der Waals surface area contributed by atoms with E-state index in [1.807, 2.05) is 0 Å². The summed E-state index contributed by atoms with van der Waals surface area (Å²) in [5.74, 6) is -0.115. The summed E-state index contributed by atoms with van der Waals surface area (Å²) in [7, 11) is 2.98. The fourth-order valence-electron chi connectivity index (χ4n) is 3.01. The molecule has 0 aromatic heterocycles. The van der Waals surface area contributed by atoms with Crippen LogP contribution in [0.5, 0.6) is 11.5 Å². The minimum absolute atomic E-state index is 0.278. The highest BCUT2D eigenvalue weighted by Gasteiger charge is 2.18. The van der Waals surface area contributed by atoms with Gasteiger partial charge in [-0.05, 0) is 35.9 Å². The second-order valence-corrected chi connectivity index (χ2v) is 6.27. The summed E-state index contributed by atoms with van der Waals surface area (Å²) in [6, 6.07) is 20.7. The average Bonchev–Trinajstić information content (AvgIpc) is 2.81. The molecular weight excluding hydrogens is 382 g/mol. The molecule has 0 saturated heterocycles. The molecule has 0 unspecified atom stereocenters. The minimum Gasteiger partial charge on any atom is -0.493 e. The van der Waals surface area contributed by atoms with E-state index in [-0.39, 0.29) is 11.3 Å². The number of benzene rings is 3. The molecule has 6 heteroatoms. The van der Waals surface area contributed by atoms with Crippen LogP contribution >= 0.6 is 0 Å². The summed E-state index contributed by atoms with van der Waals surface area (Å²) < 4.78 is 15.6. The van der Waals surface area contributed by atoms with E-state index < -0.39 is 12.6 Å². The quantitative estimate of drug-likeness (QED) is 0.434. The Morgan fingerprint density at radius 3 is 2.23 bits per heavy atom. The Labute approximate surface area is 174 Å². The molecule has 3 aromatic rings. The van der Waals surface area contributed by atoms with Gasteiger partial charge in [0.05, 0.1) is 31.4 Å². The number of hydrogen-bond donors (Lipinski definition) is 0. The molecule has 150 valence electrons. The number of methoxy groups -OCH3 is 2. The first-order chi connectivity index (χ1) is 14.6. The van der Waals surface area contributed by atoms with Crippen molar-refractivity contribution in [2.24, 2.45) is 0 Å². The van der Waals surface area contributed by atoms with E-state index in [0.29, 0.717) is 33.8 Å². The van der Waals surface area contributed by atoms with Gasteiger partial charge in [-0.15, -0.1) is 0 Å². The smallest absolute Gasteiger partial charge is 0.339 e.